The largest absolute Gasteiger partial charge is 0.268 e. The molecule has 0 radical (unpaired) electrons. The van der Waals surface area contributed by atoms with E-state index in [4.69, 9.17) is 4.98 Å². The van der Waals surface area contributed by atoms with Crippen LogP contribution >= 0.6 is 11.8 Å². The van der Waals surface area contributed by atoms with Crippen LogP contribution in [0.15, 0.2) is 58.5 Å². The van der Waals surface area contributed by atoms with Crippen molar-refractivity contribution in [1.29, 1.82) is 0 Å². The number of para-hydroxylation sites is 2. The average Bonchev–Trinajstić information content (AvgIpc) is 2.55. The molecule has 0 spiro atoms. The molecule has 1 aromatic heterocycles. The Hall–Kier alpha value is -2.07. The zero-order valence-electron chi connectivity index (χ0n) is 13.6. The van der Waals surface area contributed by atoms with Crippen molar-refractivity contribution < 1.29 is 0 Å². The maximum absolute atomic E-state index is 13.1. The van der Waals surface area contributed by atoms with Gasteiger partial charge in [0, 0.05) is 0 Å². The summed E-state index contributed by atoms with van der Waals surface area (Å²) in [4.78, 5) is 17.8. The van der Waals surface area contributed by atoms with Crippen LogP contribution in [0.4, 0.5) is 0 Å². The topological polar surface area (TPSA) is 34.9 Å². The molecule has 3 aromatic rings. The van der Waals surface area contributed by atoms with E-state index in [1.165, 1.54) is 0 Å². The average molecular weight is 324 g/mol. The normalized spacial score (nSPS) is 11.3. The van der Waals surface area contributed by atoms with E-state index >= 15 is 0 Å². The lowest BCUT2D eigenvalue weighted by Crippen LogP contribution is -2.23. The van der Waals surface area contributed by atoms with Gasteiger partial charge in [-0.1, -0.05) is 62.9 Å². The first-order valence-electron chi connectivity index (χ1n) is 7.87. The van der Waals surface area contributed by atoms with Gasteiger partial charge in [0.15, 0.2) is 5.16 Å². The van der Waals surface area contributed by atoms with Crippen LogP contribution in [-0.2, 0) is 0 Å². The Labute approximate surface area is 140 Å². The van der Waals surface area contributed by atoms with Crippen molar-refractivity contribution in [2.75, 3.05) is 5.75 Å². The molecule has 2 aromatic carbocycles. The fourth-order valence-electron chi connectivity index (χ4n) is 2.73. The maximum Gasteiger partial charge on any atom is 0.266 e. The lowest BCUT2D eigenvalue weighted by Gasteiger charge is -2.17. The van der Waals surface area contributed by atoms with E-state index in [-0.39, 0.29) is 5.56 Å². The van der Waals surface area contributed by atoms with E-state index in [1.807, 2.05) is 42.5 Å². The molecule has 0 unspecified atom stereocenters. The SMILES string of the molecule is CCSc1nc2ccccc2c(=O)n1-c1ccccc1C(C)C. The van der Waals surface area contributed by atoms with Gasteiger partial charge in [0.25, 0.3) is 5.56 Å². The standard InChI is InChI=1S/C19H20N2OS/c1-4-23-19-20-16-11-7-5-10-15(16)18(22)21(19)17-12-8-6-9-14(17)13(2)3/h5-13H,4H2,1-3H3. The van der Waals surface area contributed by atoms with Crippen molar-refractivity contribution >= 4 is 22.7 Å². The molecule has 4 heteroatoms. The summed E-state index contributed by atoms with van der Waals surface area (Å²) in [5, 5.41) is 1.41. The van der Waals surface area contributed by atoms with Gasteiger partial charge < -0.3 is 0 Å². The summed E-state index contributed by atoms with van der Waals surface area (Å²) in [6, 6.07) is 15.6. The van der Waals surface area contributed by atoms with Gasteiger partial charge in [-0.15, -0.1) is 0 Å². The Morgan fingerprint density at radius 2 is 1.78 bits per heavy atom. The summed E-state index contributed by atoms with van der Waals surface area (Å²) >= 11 is 1.60. The van der Waals surface area contributed by atoms with Gasteiger partial charge in [0.1, 0.15) is 0 Å². The molecule has 1 heterocycles. The minimum Gasteiger partial charge on any atom is -0.268 e. The Bertz CT molecular complexity index is 899. The third kappa shape index (κ3) is 2.91. The molecular weight excluding hydrogens is 304 g/mol. The molecule has 0 atom stereocenters. The molecule has 0 amide bonds. The minimum atomic E-state index is -0.000324. The Morgan fingerprint density at radius 3 is 2.52 bits per heavy atom. The van der Waals surface area contributed by atoms with Crippen molar-refractivity contribution in [1.82, 2.24) is 9.55 Å². The van der Waals surface area contributed by atoms with Crippen molar-refractivity contribution in [2.45, 2.75) is 31.8 Å². The lowest BCUT2D eigenvalue weighted by molar-refractivity contribution is 0.781. The van der Waals surface area contributed by atoms with Gasteiger partial charge >= 0.3 is 0 Å². The molecule has 0 saturated heterocycles. The predicted octanol–water partition coefficient (Wildman–Crippen LogP) is 4.62. The predicted molar refractivity (Wildman–Crippen MR) is 97.8 cm³/mol. The number of hydrogen-bond donors (Lipinski definition) is 0. The van der Waals surface area contributed by atoms with Crippen LogP contribution in [0.1, 0.15) is 32.3 Å². The minimum absolute atomic E-state index is 0.000324. The fourth-order valence-corrected chi connectivity index (χ4v) is 3.46. The summed E-state index contributed by atoms with van der Waals surface area (Å²) in [5.74, 6) is 1.21. The third-order valence-electron chi connectivity index (χ3n) is 3.82. The van der Waals surface area contributed by atoms with E-state index in [0.29, 0.717) is 11.3 Å². The van der Waals surface area contributed by atoms with Gasteiger partial charge in [0.2, 0.25) is 0 Å². The molecule has 118 valence electrons. The molecule has 0 aliphatic heterocycles. The Balaban J connectivity index is 2.38. The van der Waals surface area contributed by atoms with E-state index in [2.05, 4.69) is 26.8 Å². The first kappa shape index (κ1) is 15.8. The molecule has 0 fully saturated rings. The van der Waals surface area contributed by atoms with Gasteiger partial charge in [-0.05, 0) is 35.4 Å². The second-order valence-corrected chi connectivity index (χ2v) is 6.93. The summed E-state index contributed by atoms with van der Waals surface area (Å²) in [5.41, 5.74) is 2.85. The van der Waals surface area contributed by atoms with Crippen LogP contribution in [0, 0.1) is 0 Å². The van der Waals surface area contributed by atoms with Crippen molar-refractivity contribution in [2.24, 2.45) is 0 Å². The molecule has 0 bridgehead atoms. The molecule has 0 N–H and O–H groups in total. The second kappa shape index (κ2) is 6.59. The first-order chi connectivity index (χ1) is 11.1. The number of fused-ring (bicyclic) bond motifs is 1. The van der Waals surface area contributed by atoms with Crippen LogP contribution in [0.2, 0.25) is 0 Å². The highest BCUT2D eigenvalue weighted by atomic mass is 32.2. The number of aromatic nitrogens is 2. The van der Waals surface area contributed by atoms with E-state index < -0.39 is 0 Å². The molecule has 0 aliphatic rings. The van der Waals surface area contributed by atoms with Crippen LogP contribution in [0.5, 0.6) is 0 Å². The highest BCUT2D eigenvalue weighted by molar-refractivity contribution is 7.99. The van der Waals surface area contributed by atoms with Crippen LogP contribution in [0.25, 0.3) is 16.6 Å². The van der Waals surface area contributed by atoms with Gasteiger partial charge in [0.05, 0.1) is 16.6 Å². The fraction of sp³-hybridized carbons (Fsp3) is 0.263. The first-order valence-corrected chi connectivity index (χ1v) is 8.86. The highest BCUT2D eigenvalue weighted by Crippen LogP contribution is 2.26. The smallest absolute Gasteiger partial charge is 0.266 e. The second-order valence-electron chi connectivity index (χ2n) is 5.70. The number of hydrogen-bond acceptors (Lipinski definition) is 3. The highest BCUT2D eigenvalue weighted by Gasteiger charge is 2.16. The molecule has 3 rings (SSSR count). The molecular formula is C19H20N2OS. The molecule has 0 aliphatic carbocycles. The molecule has 23 heavy (non-hydrogen) atoms. The van der Waals surface area contributed by atoms with Gasteiger partial charge in [-0.2, -0.15) is 0 Å². The van der Waals surface area contributed by atoms with Crippen LogP contribution < -0.4 is 5.56 Å². The quantitative estimate of drug-likeness (QED) is 0.519. The maximum atomic E-state index is 13.1. The van der Waals surface area contributed by atoms with Crippen molar-refractivity contribution in [3.63, 3.8) is 0 Å². The van der Waals surface area contributed by atoms with Crippen LogP contribution in [0.3, 0.4) is 0 Å². The van der Waals surface area contributed by atoms with Crippen LogP contribution in [-0.4, -0.2) is 15.3 Å². The lowest BCUT2D eigenvalue weighted by atomic mass is 10.0. The number of thioether (sulfide) groups is 1. The van der Waals surface area contributed by atoms with Crippen molar-refractivity contribution in [3.05, 3.63) is 64.4 Å². The molecule has 0 saturated carbocycles. The third-order valence-corrected chi connectivity index (χ3v) is 4.64. The van der Waals surface area contributed by atoms with Gasteiger partial charge in [-0.3, -0.25) is 9.36 Å². The zero-order chi connectivity index (χ0) is 16.4. The summed E-state index contributed by atoms with van der Waals surface area (Å²) in [6.07, 6.45) is 0. The Morgan fingerprint density at radius 1 is 1.09 bits per heavy atom. The number of nitrogens with zero attached hydrogens (tertiary/aromatic N) is 2. The van der Waals surface area contributed by atoms with Gasteiger partial charge in [-0.25, -0.2) is 4.98 Å². The summed E-state index contributed by atoms with van der Waals surface area (Å²) in [6.45, 7) is 6.36. The zero-order valence-corrected chi connectivity index (χ0v) is 14.4. The summed E-state index contributed by atoms with van der Waals surface area (Å²) in [7, 11) is 0. The molecule has 3 nitrogen and oxygen atoms in total. The monoisotopic (exact) mass is 324 g/mol. The van der Waals surface area contributed by atoms with E-state index in [9.17, 15) is 4.79 Å². The summed E-state index contributed by atoms with van der Waals surface area (Å²) < 4.78 is 1.77. The van der Waals surface area contributed by atoms with Crippen molar-refractivity contribution in [3.8, 4) is 5.69 Å². The number of benzene rings is 2. The van der Waals surface area contributed by atoms with E-state index in [0.717, 1.165) is 27.7 Å². The Kier molecular flexibility index (Phi) is 4.53. The number of rotatable bonds is 4. The van der Waals surface area contributed by atoms with E-state index in [1.54, 1.807) is 16.3 Å².